The van der Waals surface area contributed by atoms with Crippen LogP contribution in [0.25, 0.3) is 6.08 Å². The van der Waals surface area contributed by atoms with Crippen LogP contribution in [0.4, 0.5) is 0 Å². The van der Waals surface area contributed by atoms with Crippen molar-refractivity contribution in [2.75, 3.05) is 0 Å². The van der Waals surface area contributed by atoms with Gasteiger partial charge in [-0.2, -0.15) is 5.10 Å². The zero-order chi connectivity index (χ0) is 13.5. The van der Waals surface area contributed by atoms with Gasteiger partial charge in [-0.05, 0) is 42.8 Å². The Hall–Kier alpha value is -2.69. The van der Waals surface area contributed by atoms with Gasteiger partial charge in [-0.25, -0.2) is 5.43 Å². The lowest BCUT2D eigenvalue weighted by Crippen LogP contribution is -2.18. The average molecular weight is 255 g/mol. The number of allylic oxidation sites excluding steroid dienone is 1. The van der Waals surface area contributed by atoms with Crippen molar-refractivity contribution in [3.05, 3.63) is 59.8 Å². The number of nitrogens with zero attached hydrogens (tertiary/aromatic N) is 2. The van der Waals surface area contributed by atoms with Gasteiger partial charge in [0.05, 0.1) is 12.5 Å². The van der Waals surface area contributed by atoms with Crippen molar-refractivity contribution in [3.63, 3.8) is 0 Å². The minimum absolute atomic E-state index is 0.326. The van der Waals surface area contributed by atoms with Crippen molar-refractivity contribution in [3.8, 4) is 0 Å². The van der Waals surface area contributed by atoms with Gasteiger partial charge in [0.1, 0.15) is 11.5 Å². The van der Waals surface area contributed by atoms with Crippen molar-refractivity contribution in [2.45, 2.75) is 6.92 Å². The first-order chi connectivity index (χ1) is 9.25. The topological polar surface area (TPSA) is 67.5 Å². The minimum atomic E-state index is -0.345. The molecule has 2 rings (SSSR count). The number of furan rings is 1. The molecule has 5 nitrogen and oxygen atoms in total. The molecule has 2 aromatic heterocycles. The largest absolute Gasteiger partial charge is 0.465 e. The van der Waals surface area contributed by atoms with E-state index in [1.54, 1.807) is 42.9 Å². The number of hydrogen-bond acceptors (Lipinski definition) is 4. The first-order valence-electron chi connectivity index (χ1n) is 5.72. The molecule has 0 saturated carbocycles. The highest BCUT2D eigenvalue weighted by molar-refractivity contribution is 5.93. The van der Waals surface area contributed by atoms with E-state index in [4.69, 9.17) is 4.42 Å². The molecule has 0 atom stereocenters. The fourth-order valence-corrected chi connectivity index (χ4v) is 1.38. The van der Waals surface area contributed by atoms with Gasteiger partial charge < -0.3 is 4.42 Å². The van der Waals surface area contributed by atoms with E-state index in [1.807, 2.05) is 19.1 Å². The van der Waals surface area contributed by atoms with Crippen molar-refractivity contribution < 1.29 is 9.21 Å². The molecule has 0 unspecified atom stereocenters. The van der Waals surface area contributed by atoms with Crippen LogP contribution in [0, 0.1) is 0 Å². The predicted octanol–water partition coefficient (Wildman–Crippen LogP) is 2.49. The third-order valence-electron chi connectivity index (χ3n) is 2.24. The molecular weight excluding hydrogens is 242 g/mol. The molecule has 1 N–H and O–H groups in total. The number of rotatable bonds is 4. The zero-order valence-corrected chi connectivity index (χ0v) is 10.4. The molecule has 0 radical (unpaired) electrons. The van der Waals surface area contributed by atoms with Gasteiger partial charge in [0.2, 0.25) is 0 Å². The Bertz CT molecular complexity index is 586. The number of nitrogens with one attached hydrogen (secondary N) is 1. The number of hydrazone groups is 1. The summed E-state index contributed by atoms with van der Waals surface area (Å²) in [6.45, 7) is 1.86. The summed E-state index contributed by atoms with van der Waals surface area (Å²) in [7, 11) is 0. The fourth-order valence-electron chi connectivity index (χ4n) is 1.38. The SMILES string of the molecule is CC(/C=N\NC(=O)c1ccccn1)=C\c1ccco1. The lowest BCUT2D eigenvalue weighted by molar-refractivity contribution is 0.0950. The van der Waals surface area contributed by atoms with Gasteiger partial charge in [-0.1, -0.05) is 6.07 Å². The van der Waals surface area contributed by atoms with Gasteiger partial charge in [0.15, 0.2) is 0 Å². The summed E-state index contributed by atoms with van der Waals surface area (Å²) in [4.78, 5) is 15.5. The number of amides is 1. The van der Waals surface area contributed by atoms with Crippen molar-refractivity contribution >= 4 is 18.2 Å². The second kappa shape index (κ2) is 6.30. The van der Waals surface area contributed by atoms with Gasteiger partial charge >= 0.3 is 0 Å². The summed E-state index contributed by atoms with van der Waals surface area (Å²) in [5.41, 5.74) is 3.59. The molecule has 0 aliphatic rings. The van der Waals surface area contributed by atoms with Crippen molar-refractivity contribution in [2.24, 2.45) is 5.10 Å². The Labute approximate surface area is 110 Å². The Kier molecular flexibility index (Phi) is 4.23. The number of hydrogen-bond donors (Lipinski definition) is 1. The maximum atomic E-state index is 11.6. The summed E-state index contributed by atoms with van der Waals surface area (Å²) in [6, 6.07) is 8.75. The molecule has 0 spiro atoms. The number of carbonyl (C=O) groups excluding carboxylic acids is 1. The third kappa shape index (κ3) is 3.92. The third-order valence-corrected chi connectivity index (χ3v) is 2.24. The summed E-state index contributed by atoms with van der Waals surface area (Å²) < 4.78 is 5.17. The van der Waals surface area contributed by atoms with Crippen molar-refractivity contribution in [1.82, 2.24) is 10.4 Å². The van der Waals surface area contributed by atoms with Crippen LogP contribution in [-0.2, 0) is 0 Å². The molecular formula is C14H13N3O2. The van der Waals surface area contributed by atoms with E-state index in [-0.39, 0.29) is 5.91 Å². The Morgan fingerprint density at radius 3 is 2.95 bits per heavy atom. The van der Waals surface area contributed by atoms with E-state index in [2.05, 4.69) is 15.5 Å². The smallest absolute Gasteiger partial charge is 0.289 e. The number of carbonyl (C=O) groups is 1. The molecule has 1 amide bonds. The summed E-state index contributed by atoms with van der Waals surface area (Å²) in [5.74, 6) is 0.391. The van der Waals surface area contributed by atoms with E-state index in [9.17, 15) is 4.79 Å². The van der Waals surface area contributed by atoms with Gasteiger partial charge in [0, 0.05) is 6.20 Å². The maximum absolute atomic E-state index is 11.6. The van der Waals surface area contributed by atoms with Crippen LogP contribution in [0.2, 0.25) is 0 Å². The lowest BCUT2D eigenvalue weighted by Gasteiger charge is -1.97. The highest BCUT2D eigenvalue weighted by atomic mass is 16.3. The molecule has 0 bridgehead atoms. The molecule has 0 aliphatic carbocycles. The molecule has 0 saturated heterocycles. The minimum Gasteiger partial charge on any atom is -0.465 e. The first-order valence-corrected chi connectivity index (χ1v) is 5.72. The van der Waals surface area contributed by atoms with Crippen LogP contribution < -0.4 is 5.43 Å². The number of pyridine rings is 1. The fraction of sp³-hybridized carbons (Fsp3) is 0.0714. The molecule has 2 aromatic rings. The predicted molar refractivity (Wildman–Crippen MR) is 72.6 cm³/mol. The summed E-state index contributed by atoms with van der Waals surface area (Å²) >= 11 is 0. The Morgan fingerprint density at radius 1 is 1.37 bits per heavy atom. The van der Waals surface area contributed by atoms with E-state index < -0.39 is 0 Å². The quantitative estimate of drug-likeness (QED) is 0.674. The van der Waals surface area contributed by atoms with Crippen LogP contribution in [0.5, 0.6) is 0 Å². The van der Waals surface area contributed by atoms with Crippen LogP contribution in [0.1, 0.15) is 23.2 Å². The second-order valence-electron chi connectivity index (χ2n) is 3.82. The number of aromatic nitrogens is 1. The van der Waals surface area contributed by atoms with E-state index in [0.717, 1.165) is 11.3 Å². The van der Waals surface area contributed by atoms with Crippen LogP contribution in [0.15, 0.2) is 57.9 Å². The molecule has 0 aromatic carbocycles. The van der Waals surface area contributed by atoms with E-state index in [1.165, 1.54) is 0 Å². The summed E-state index contributed by atoms with van der Waals surface area (Å²) in [5, 5.41) is 3.85. The molecule has 96 valence electrons. The molecule has 19 heavy (non-hydrogen) atoms. The summed E-state index contributed by atoms with van der Waals surface area (Å²) in [6.07, 6.45) is 6.51. The Balaban J connectivity index is 1.92. The van der Waals surface area contributed by atoms with Crippen LogP contribution in [-0.4, -0.2) is 17.1 Å². The first kappa shape index (κ1) is 12.8. The van der Waals surface area contributed by atoms with Gasteiger partial charge in [-0.15, -0.1) is 0 Å². The average Bonchev–Trinajstić information content (AvgIpc) is 2.92. The maximum Gasteiger partial charge on any atom is 0.289 e. The second-order valence-corrected chi connectivity index (χ2v) is 3.82. The Morgan fingerprint density at radius 2 is 2.26 bits per heavy atom. The van der Waals surface area contributed by atoms with E-state index >= 15 is 0 Å². The van der Waals surface area contributed by atoms with Crippen LogP contribution in [0.3, 0.4) is 0 Å². The highest BCUT2D eigenvalue weighted by Crippen LogP contribution is 2.05. The standard InChI is InChI=1S/C14H13N3O2/c1-11(9-12-5-4-8-19-12)10-16-17-14(18)13-6-2-3-7-15-13/h2-10H,1H3,(H,17,18)/b11-9+,16-10-. The molecule has 0 aliphatic heterocycles. The highest BCUT2D eigenvalue weighted by Gasteiger charge is 2.03. The molecule has 2 heterocycles. The molecule has 0 fully saturated rings. The lowest BCUT2D eigenvalue weighted by atomic mass is 10.3. The van der Waals surface area contributed by atoms with Gasteiger partial charge in [0.25, 0.3) is 5.91 Å². The van der Waals surface area contributed by atoms with Gasteiger partial charge in [-0.3, -0.25) is 9.78 Å². The zero-order valence-electron chi connectivity index (χ0n) is 10.4. The molecule has 5 heteroatoms. The van der Waals surface area contributed by atoms with Crippen LogP contribution >= 0.6 is 0 Å². The van der Waals surface area contributed by atoms with Crippen molar-refractivity contribution in [1.29, 1.82) is 0 Å². The van der Waals surface area contributed by atoms with E-state index in [0.29, 0.717) is 5.69 Å². The normalized spacial score (nSPS) is 11.7. The monoisotopic (exact) mass is 255 g/mol.